The predicted molar refractivity (Wildman–Crippen MR) is 78.7 cm³/mol. The van der Waals surface area contributed by atoms with E-state index in [0.717, 1.165) is 13.0 Å². The standard InChI is InChI=1S/C16H29NO3/c1-6-19-13-11-12(16(13)9-7-8-10-16)17(5)14(18)20-15(2,3)4/h12-13H,6-11H2,1-5H3. The third-order valence-corrected chi connectivity index (χ3v) is 4.79. The van der Waals surface area contributed by atoms with E-state index in [1.165, 1.54) is 25.7 Å². The van der Waals surface area contributed by atoms with Crippen molar-refractivity contribution in [2.45, 2.75) is 77.5 Å². The smallest absolute Gasteiger partial charge is 0.410 e. The molecule has 0 N–H and O–H groups in total. The summed E-state index contributed by atoms with van der Waals surface area (Å²) in [6.07, 6.45) is 5.92. The van der Waals surface area contributed by atoms with Gasteiger partial charge in [-0.1, -0.05) is 12.8 Å². The van der Waals surface area contributed by atoms with Crippen molar-refractivity contribution in [3.05, 3.63) is 0 Å². The Morgan fingerprint density at radius 2 is 1.90 bits per heavy atom. The van der Waals surface area contributed by atoms with E-state index in [9.17, 15) is 4.79 Å². The van der Waals surface area contributed by atoms with Crippen LogP contribution in [0.4, 0.5) is 4.79 Å². The lowest BCUT2D eigenvalue weighted by Crippen LogP contribution is -2.64. The molecule has 2 fully saturated rings. The lowest BCUT2D eigenvalue weighted by atomic mass is 9.60. The number of rotatable bonds is 3. The van der Waals surface area contributed by atoms with Gasteiger partial charge in [0.25, 0.3) is 0 Å². The number of carbonyl (C=O) groups excluding carboxylic acids is 1. The van der Waals surface area contributed by atoms with Crippen LogP contribution in [0.2, 0.25) is 0 Å². The summed E-state index contributed by atoms with van der Waals surface area (Å²) in [5.41, 5.74) is -0.251. The molecule has 0 saturated heterocycles. The molecule has 2 aliphatic carbocycles. The maximum atomic E-state index is 12.3. The molecule has 0 heterocycles. The zero-order valence-corrected chi connectivity index (χ0v) is 13.6. The first-order valence-corrected chi connectivity index (χ1v) is 7.87. The number of hydrogen-bond donors (Lipinski definition) is 0. The lowest BCUT2D eigenvalue weighted by Gasteiger charge is -2.56. The van der Waals surface area contributed by atoms with Gasteiger partial charge in [0, 0.05) is 25.1 Å². The highest BCUT2D eigenvalue weighted by atomic mass is 16.6. The Kier molecular flexibility index (Phi) is 4.33. The largest absolute Gasteiger partial charge is 0.444 e. The maximum absolute atomic E-state index is 12.3. The molecule has 2 rings (SSSR count). The van der Waals surface area contributed by atoms with Crippen molar-refractivity contribution in [3.8, 4) is 0 Å². The molecule has 0 bridgehead atoms. The molecule has 2 saturated carbocycles. The summed E-state index contributed by atoms with van der Waals surface area (Å²) in [6.45, 7) is 8.54. The van der Waals surface area contributed by atoms with Gasteiger partial charge in [0.2, 0.25) is 0 Å². The van der Waals surface area contributed by atoms with Gasteiger partial charge in [0.05, 0.1) is 6.10 Å². The van der Waals surface area contributed by atoms with Crippen molar-refractivity contribution in [2.24, 2.45) is 5.41 Å². The quantitative estimate of drug-likeness (QED) is 0.794. The van der Waals surface area contributed by atoms with Crippen LogP contribution in [0.25, 0.3) is 0 Å². The number of carbonyl (C=O) groups is 1. The molecule has 1 amide bonds. The van der Waals surface area contributed by atoms with E-state index in [1.807, 2.05) is 39.6 Å². The van der Waals surface area contributed by atoms with Crippen molar-refractivity contribution in [3.63, 3.8) is 0 Å². The van der Waals surface area contributed by atoms with Gasteiger partial charge >= 0.3 is 6.09 Å². The topological polar surface area (TPSA) is 38.8 Å². The molecule has 1 spiro atoms. The van der Waals surface area contributed by atoms with Crippen LogP contribution < -0.4 is 0 Å². The molecule has 0 aromatic carbocycles. The summed E-state index contributed by atoms with van der Waals surface area (Å²) in [6, 6.07) is 0.274. The number of nitrogens with zero attached hydrogens (tertiary/aromatic N) is 1. The van der Waals surface area contributed by atoms with Crippen molar-refractivity contribution < 1.29 is 14.3 Å². The number of amides is 1. The zero-order valence-electron chi connectivity index (χ0n) is 13.6. The van der Waals surface area contributed by atoms with Crippen LogP contribution in [0.1, 0.15) is 59.8 Å². The molecule has 0 aliphatic heterocycles. The van der Waals surface area contributed by atoms with E-state index < -0.39 is 5.60 Å². The first kappa shape index (κ1) is 15.6. The van der Waals surface area contributed by atoms with Gasteiger partial charge in [-0.2, -0.15) is 0 Å². The SMILES string of the molecule is CCOC1CC(N(C)C(=O)OC(C)(C)C)C12CCCC2. The van der Waals surface area contributed by atoms with Crippen molar-refractivity contribution >= 4 is 6.09 Å². The van der Waals surface area contributed by atoms with E-state index >= 15 is 0 Å². The van der Waals surface area contributed by atoms with Crippen LogP contribution >= 0.6 is 0 Å². The highest BCUT2D eigenvalue weighted by Crippen LogP contribution is 2.56. The van der Waals surface area contributed by atoms with Gasteiger partial charge in [-0.05, 0) is 47.0 Å². The molecule has 0 radical (unpaired) electrons. The molecular formula is C16H29NO3. The van der Waals surface area contributed by atoms with Crippen LogP contribution in [-0.2, 0) is 9.47 Å². The number of ether oxygens (including phenoxy) is 2. The third kappa shape index (κ3) is 2.80. The average molecular weight is 283 g/mol. The Bertz CT molecular complexity index is 355. The second-order valence-electron chi connectivity index (χ2n) is 7.23. The Labute approximate surface area is 122 Å². The normalized spacial score (nSPS) is 28.2. The van der Waals surface area contributed by atoms with Gasteiger partial charge < -0.3 is 14.4 Å². The zero-order chi connectivity index (χ0) is 15.0. The summed E-state index contributed by atoms with van der Waals surface area (Å²) >= 11 is 0. The van der Waals surface area contributed by atoms with Crippen molar-refractivity contribution in [2.75, 3.05) is 13.7 Å². The monoisotopic (exact) mass is 283 g/mol. The van der Waals surface area contributed by atoms with Crippen LogP contribution in [0.5, 0.6) is 0 Å². The van der Waals surface area contributed by atoms with Gasteiger partial charge in [-0.3, -0.25) is 0 Å². The first-order chi connectivity index (χ1) is 9.30. The second-order valence-corrected chi connectivity index (χ2v) is 7.23. The van der Waals surface area contributed by atoms with E-state index in [-0.39, 0.29) is 17.6 Å². The average Bonchev–Trinajstić information content (AvgIpc) is 2.83. The minimum Gasteiger partial charge on any atom is -0.444 e. The maximum Gasteiger partial charge on any atom is 0.410 e. The Balaban J connectivity index is 2.03. The van der Waals surface area contributed by atoms with Gasteiger partial charge in [-0.15, -0.1) is 0 Å². The summed E-state index contributed by atoms with van der Waals surface area (Å²) in [4.78, 5) is 14.1. The molecule has 4 heteroatoms. The van der Waals surface area contributed by atoms with Crippen molar-refractivity contribution in [1.29, 1.82) is 0 Å². The van der Waals surface area contributed by atoms with Gasteiger partial charge in [0.1, 0.15) is 5.60 Å². The van der Waals surface area contributed by atoms with E-state index in [0.29, 0.717) is 6.10 Å². The third-order valence-electron chi connectivity index (χ3n) is 4.79. The van der Waals surface area contributed by atoms with E-state index in [1.54, 1.807) is 0 Å². The minimum absolute atomic E-state index is 0.182. The Hall–Kier alpha value is -0.770. The highest BCUT2D eigenvalue weighted by Gasteiger charge is 2.59. The molecule has 0 aromatic rings. The van der Waals surface area contributed by atoms with Gasteiger partial charge in [-0.25, -0.2) is 4.79 Å². The Morgan fingerprint density at radius 1 is 1.30 bits per heavy atom. The van der Waals surface area contributed by atoms with Crippen molar-refractivity contribution in [1.82, 2.24) is 4.90 Å². The second kappa shape index (κ2) is 5.55. The fraction of sp³-hybridized carbons (Fsp3) is 0.938. The minimum atomic E-state index is -0.433. The highest BCUT2D eigenvalue weighted by molar-refractivity contribution is 5.68. The first-order valence-electron chi connectivity index (χ1n) is 7.87. The van der Waals surface area contributed by atoms with Crippen LogP contribution in [0, 0.1) is 5.41 Å². The molecular weight excluding hydrogens is 254 g/mol. The summed E-state index contributed by atoms with van der Waals surface area (Å²) in [5.74, 6) is 0. The molecule has 20 heavy (non-hydrogen) atoms. The fourth-order valence-corrected chi connectivity index (χ4v) is 3.85. The summed E-state index contributed by atoms with van der Waals surface area (Å²) in [5, 5.41) is 0. The predicted octanol–water partition coefficient (Wildman–Crippen LogP) is 3.59. The molecule has 2 atom stereocenters. The fourth-order valence-electron chi connectivity index (χ4n) is 3.85. The lowest BCUT2D eigenvalue weighted by molar-refractivity contribution is -0.157. The number of hydrogen-bond acceptors (Lipinski definition) is 3. The van der Waals surface area contributed by atoms with Crippen LogP contribution in [0.15, 0.2) is 0 Å². The van der Waals surface area contributed by atoms with E-state index in [2.05, 4.69) is 0 Å². The summed E-state index contributed by atoms with van der Waals surface area (Å²) in [7, 11) is 1.88. The molecule has 4 nitrogen and oxygen atoms in total. The van der Waals surface area contributed by atoms with Crippen LogP contribution in [0.3, 0.4) is 0 Å². The van der Waals surface area contributed by atoms with E-state index in [4.69, 9.17) is 9.47 Å². The molecule has 2 aliphatic rings. The van der Waals surface area contributed by atoms with Gasteiger partial charge in [0.15, 0.2) is 0 Å². The van der Waals surface area contributed by atoms with Crippen LogP contribution in [-0.4, -0.2) is 42.4 Å². The summed E-state index contributed by atoms with van der Waals surface area (Å²) < 4.78 is 11.4. The molecule has 0 aromatic heterocycles. The Morgan fingerprint density at radius 3 is 2.40 bits per heavy atom. The molecule has 116 valence electrons. The molecule has 2 unspecified atom stereocenters.